The van der Waals surface area contributed by atoms with Gasteiger partial charge in [0.1, 0.15) is 5.82 Å². The highest BCUT2D eigenvalue weighted by molar-refractivity contribution is 6.30. The maximum atomic E-state index is 13.6. The highest BCUT2D eigenvalue weighted by atomic mass is 35.5. The van der Waals surface area contributed by atoms with E-state index in [1.54, 1.807) is 0 Å². The highest BCUT2D eigenvalue weighted by Crippen LogP contribution is 2.33. The second-order valence-electron chi connectivity index (χ2n) is 6.96. The van der Waals surface area contributed by atoms with Gasteiger partial charge in [-0.05, 0) is 30.3 Å². The van der Waals surface area contributed by atoms with Crippen LogP contribution < -0.4 is 5.32 Å². The van der Waals surface area contributed by atoms with Crippen molar-refractivity contribution in [1.82, 2.24) is 25.0 Å². The standard InChI is InChI=1S/C20H14ClF4N5O2/c21-14-6-13(1-2-15(14)22)30-17(11-5-12(9-26-8-11)20(23,24)25)7-16(28-30)19(32)29-4-3-27-18(31)10-29/h1-2,5-9H,3-4,10H2,(H,27,31). The normalized spacial score (nSPS) is 14.4. The molecule has 0 aliphatic carbocycles. The molecule has 0 radical (unpaired) electrons. The molecule has 0 spiro atoms. The minimum atomic E-state index is -4.63. The lowest BCUT2D eigenvalue weighted by atomic mass is 10.1. The molecule has 3 aromatic rings. The SMILES string of the molecule is O=C1CN(C(=O)c2cc(-c3cncc(C(F)(F)F)c3)n(-c3ccc(F)c(Cl)c3)n2)CCN1. The van der Waals surface area contributed by atoms with E-state index in [1.807, 2.05) is 0 Å². The summed E-state index contributed by atoms with van der Waals surface area (Å²) in [5, 5.41) is 6.59. The third-order valence-electron chi connectivity index (χ3n) is 4.76. The largest absolute Gasteiger partial charge is 0.417 e. The molecule has 1 aromatic carbocycles. The van der Waals surface area contributed by atoms with E-state index in [4.69, 9.17) is 11.6 Å². The van der Waals surface area contributed by atoms with Crippen LogP contribution in [-0.2, 0) is 11.0 Å². The number of nitrogens with zero attached hydrogens (tertiary/aromatic N) is 4. The molecule has 1 aliphatic rings. The van der Waals surface area contributed by atoms with Crippen LogP contribution in [0.3, 0.4) is 0 Å². The molecule has 1 saturated heterocycles. The average molecular weight is 468 g/mol. The Morgan fingerprint density at radius 1 is 1.16 bits per heavy atom. The van der Waals surface area contributed by atoms with Crippen LogP contribution in [0, 0.1) is 5.82 Å². The fourth-order valence-corrected chi connectivity index (χ4v) is 3.39. The summed E-state index contributed by atoms with van der Waals surface area (Å²) in [6, 6.07) is 5.79. The van der Waals surface area contributed by atoms with Crippen molar-refractivity contribution >= 4 is 23.4 Å². The Kier molecular flexibility index (Phi) is 5.59. The van der Waals surface area contributed by atoms with Crippen LogP contribution in [0.5, 0.6) is 0 Å². The first kappa shape index (κ1) is 21.8. The molecule has 3 heterocycles. The summed E-state index contributed by atoms with van der Waals surface area (Å²) in [7, 11) is 0. The van der Waals surface area contributed by atoms with Gasteiger partial charge in [0.15, 0.2) is 5.69 Å². The number of carbonyl (C=O) groups is 2. The van der Waals surface area contributed by atoms with Crippen molar-refractivity contribution in [3.8, 4) is 16.9 Å². The summed E-state index contributed by atoms with van der Waals surface area (Å²) >= 11 is 5.86. The van der Waals surface area contributed by atoms with Crippen molar-refractivity contribution < 1.29 is 27.2 Å². The first-order valence-corrected chi connectivity index (χ1v) is 9.65. The average Bonchev–Trinajstić information content (AvgIpc) is 3.20. The maximum Gasteiger partial charge on any atom is 0.417 e. The molecule has 0 atom stereocenters. The molecule has 12 heteroatoms. The molecule has 4 rings (SSSR count). The zero-order chi connectivity index (χ0) is 23.0. The predicted molar refractivity (Wildman–Crippen MR) is 106 cm³/mol. The number of piperazine rings is 1. The highest BCUT2D eigenvalue weighted by Gasteiger charge is 2.32. The number of nitrogens with one attached hydrogen (secondary N) is 1. The van der Waals surface area contributed by atoms with Gasteiger partial charge in [0.2, 0.25) is 5.91 Å². The van der Waals surface area contributed by atoms with Crippen molar-refractivity contribution in [2.75, 3.05) is 19.6 Å². The van der Waals surface area contributed by atoms with Gasteiger partial charge in [-0.3, -0.25) is 14.6 Å². The molecule has 2 amide bonds. The van der Waals surface area contributed by atoms with Crippen molar-refractivity contribution in [2.24, 2.45) is 0 Å². The van der Waals surface area contributed by atoms with Gasteiger partial charge in [0.25, 0.3) is 5.91 Å². The lowest BCUT2D eigenvalue weighted by molar-refractivity contribution is -0.137. The molecule has 1 fully saturated rings. The zero-order valence-electron chi connectivity index (χ0n) is 16.2. The molecular weight excluding hydrogens is 454 g/mol. The van der Waals surface area contributed by atoms with E-state index in [1.165, 1.54) is 34.0 Å². The van der Waals surface area contributed by atoms with E-state index in [0.717, 1.165) is 12.1 Å². The van der Waals surface area contributed by atoms with E-state index in [2.05, 4.69) is 15.4 Å². The lowest BCUT2D eigenvalue weighted by Gasteiger charge is -2.25. The lowest BCUT2D eigenvalue weighted by Crippen LogP contribution is -2.50. The van der Waals surface area contributed by atoms with Gasteiger partial charge in [-0.1, -0.05) is 11.6 Å². The quantitative estimate of drug-likeness (QED) is 0.599. The first-order chi connectivity index (χ1) is 15.1. The van der Waals surface area contributed by atoms with Crippen molar-refractivity contribution in [3.63, 3.8) is 0 Å². The second kappa shape index (κ2) is 8.23. The smallest absolute Gasteiger partial charge is 0.353 e. The summed E-state index contributed by atoms with van der Waals surface area (Å²) in [6.07, 6.45) is -2.76. The van der Waals surface area contributed by atoms with Gasteiger partial charge in [-0.2, -0.15) is 18.3 Å². The molecule has 2 aromatic heterocycles. The predicted octanol–water partition coefficient (Wildman–Crippen LogP) is 3.32. The molecule has 1 aliphatic heterocycles. The maximum absolute atomic E-state index is 13.6. The molecule has 32 heavy (non-hydrogen) atoms. The van der Waals surface area contributed by atoms with Crippen LogP contribution in [0.1, 0.15) is 16.1 Å². The van der Waals surface area contributed by atoms with E-state index >= 15 is 0 Å². The van der Waals surface area contributed by atoms with E-state index < -0.39 is 23.5 Å². The molecule has 166 valence electrons. The monoisotopic (exact) mass is 467 g/mol. The van der Waals surface area contributed by atoms with Crippen LogP contribution >= 0.6 is 11.6 Å². The Bertz CT molecular complexity index is 1210. The number of hydrogen-bond acceptors (Lipinski definition) is 4. The summed E-state index contributed by atoms with van der Waals surface area (Å²) in [4.78, 5) is 29.5. The van der Waals surface area contributed by atoms with Crippen LogP contribution in [0.4, 0.5) is 17.6 Å². The summed E-state index contributed by atoms with van der Waals surface area (Å²) in [5.41, 5.74) is -0.730. The minimum absolute atomic E-state index is 0.0307. The molecule has 0 saturated carbocycles. The number of rotatable bonds is 3. The van der Waals surface area contributed by atoms with Gasteiger partial charge < -0.3 is 10.2 Å². The van der Waals surface area contributed by atoms with Crippen molar-refractivity contribution in [3.05, 3.63) is 64.8 Å². The zero-order valence-corrected chi connectivity index (χ0v) is 16.9. The second-order valence-corrected chi connectivity index (χ2v) is 7.37. The van der Waals surface area contributed by atoms with Crippen molar-refractivity contribution in [2.45, 2.75) is 6.18 Å². The third kappa shape index (κ3) is 4.28. The molecule has 0 unspecified atom stereocenters. The van der Waals surface area contributed by atoms with E-state index in [9.17, 15) is 27.2 Å². The fourth-order valence-electron chi connectivity index (χ4n) is 3.21. The number of aromatic nitrogens is 3. The Morgan fingerprint density at radius 3 is 2.62 bits per heavy atom. The van der Waals surface area contributed by atoms with E-state index in [0.29, 0.717) is 6.20 Å². The van der Waals surface area contributed by atoms with Crippen LogP contribution in [-0.4, -0.2) is 51.1 Å². The minimum Gasteiger partial charge on any atom is -0.353 e. The Balaban J connectivity index is 1.83. The van der Waals surface area contributed by atoms with Gasteiger partial charge in [-0.25, -0.2) is 9.07 Å². The summed E-state index contributed by atoms with van der Waals surface area (Å²) in [6.45, 7) is 0.345. The Labute approximate surface area is 183 Å². The number of amides is 2. The number of benzene rings is 1. The van der Waals surface area contributed by atoms with Gasteiger partial charge in [-0.15, -0.1) is 0 Å². The summed E-state index contributed by atoms with van der Waals surface area (Å²) in [5.74, 6) is -1.61. The first-order valence-electron chi connectivity index (χ1n) is 9.27. The van der Waals surface area contributed by atoms with Crippen LogP contribution in [0.25, 0.3) is 16.9 Å². The van der Waals surface area contributed by atoms with Crippen LogP contribution in [0.2, 0.25) is 5.02 Å². The number of halogens is 5. The third-order valence-corrected chi connectivity index (χ3v) is 5.05. The molecule has 1 N–H and O–H groups in total. The van der Waals surface area contributed by atoms with Gasteiger partial charge in [0, 0.05) is 31.0 Å². The van der Waals surface area contributed by atoms with Crippen molar-refractivity contribution in [1.29, 1.82) is 0 Å². The summed E-state index contributed by atoms with van der Waals surface area (Å²) < 4.78 is 54.4. The molecular formula is C20H14ClF4N5O2. The number of alkyl halides is 3. The number of hydrogen-bond donors (Lipinski definition) is 1. The Morgan fingerprint density at radius 2 is 1.94 bits per heavy atom. The topological polar surface area (TPSA) is 80.1 Å². The van der Waals surface area contributed by atoms with Gasteiger partial charge in [0.05, 0.1) is 28.5 Å². The molecule has 7 nitrogen and oxygen atoms in total. The molecule has 0 bridgehead atoms. The number of carbonyl (C=O) groups excluding carboxylic acids is 2. The van der Waals surface area contributed by atoms with Gasteiger partial charge >= 0.3 is 6.18 Å². The van der Waals surface area contributed by atoms with Crippen LogP contribution in [0.15, 0.2) is 42.7 Å². The fraction of sp³-hybridized carbons (Fsp3) is 0.200. The van der Waals surface area contributed by atoms with E-state index in [-0.39, 0.29) is 53.2 Å². The number of pyridine rings is 1. The Hall–Kier alpha value is -3.47.